The number of nitrogens with one attached hydrogen (secondary N) is 1. The van der Waals surface area contributed by atoms with Crippen molar-refractivity contribution in [1.82, 2.24) is 4.90 Å². The van der Waals surface area contributed by atoms with Crippen LogP contribution in [0.1, 0.15) is 41.8 Å². The quantitative estimate of drug-likeness (QED) is 0.803. The zero-order chi connectivity index (χ0) is 18.2. The predicted molar refractivity (Wildman–Crippen MR) is 97.8 cm³/mol. The lowest BCUT2D eigenvalue weighted by Crippen LogP contribution is -2.35. The van der Waals surface area contributed by atoms with E-state index in [-0.39, 0.29) is 12.5 Å². The Bertz CT molecular complexity index is 719. The monoisotopic (exact) mass is 356 g/mol. The summed E-state index contributed by atoms with van der Waals surface area (Å²) in [5.74, 6) is 0.140. The van der Waals surface area contributed by atoms with Crippen LogP contribution in [-0.2, 0) is 16.1 Å². The Kier molecular flexibility index (Phi) is 6.30. The lowest BCUT2D eigenvalue weighted by Gasteiger charge is -2.20. The molecule has 0 unspecified atom stereocenters. The smallest absolute Gasteiger partial charge is 0.340 e. The van der Waals surface area contributed by atoms with Crippen molar-refractivity contribution in [1.29, 1.82) is 0 Å². The highest BCUT2D eigenvalue weighted by Gasteiger charge is 2.19. The number of esters is 1. The van der Waals surface area contributed by atoms with E-state index in [0.717, 1.165) is 44.5 Å². The highest BCUT2D eigenvalue weighted by molar-refractivity contribution is 5.96. The van der Waals surface area contributed by atoms with E-state index in [2.05, 4.69) is 5.32 Å². The summed E-state index contributed by atoms with van der Waals surface area (Å²) in [4.78, 5) is 26.5. The van der Waals surface area contributed by atoms with Gasteiger partial charge in [-0.25, -0.2) is 4.79 Å². The molecule has 1 amide bonds. The third-order valence-corrected chi connectivity index (χ3v) is 4.47. The van der Waals surface area contributed by atoms with Crippen LogP contribution in [-0.4, -0.2) is 36.5 Å². The number of para-hydroxylation sites is 1. The molecule has 6 heteroatoms. The molecule has 1 N–H and O–H groups in total. The molecule has 1 aliphatic heterocycles. The molecule has 0 aliphatic carbocycles. The number of ether oxygens (including phenoxy) is 1. The molecule has 1 fully saturated rings. The Labute approximate surface area is 153 Å². The van der Waals surface area contributed by atoms with Crippen LogP contribution in [0.2, 0.25) is 0 Å². The standard InChI is InChI=1S/C20H24N2O4/c23-19(22-11-5-1-2-6-12-22)15-26-20(24)17-9-3-4-10-18(17)21-14-16-8-7-13-25-16/h3-4,7-10,13,21H,1-2,5-6,11-12,14-15H2. The van der Waals surface area contributed by atoms with Crippen molar-refractivity contribution in [2.24, 2.45) is 0 Å². The second kappa shape index (κ2) is 9.08. The zero-order valence-corrected chi connectivity index (χ0v) is 14.8. The van der Waals surface area contributed by atoms with Gasteiger partial charge in [-0.3, -0.25) is 4.79 Å². The average Bonchev–Trinajstić information content (AvgIpc) is 3.04. The molecular weight excluding hydrogens is 332 g/mol. The van der Waals surface area contributed by atoms with Crippen LogP contribution >= 0.6 is 0 Å². The maximum absolute atomic E-state index is 12.4. The van der Waals surface area contributed by atoms with Gasteiger partial charge in [-0.05, 0) is 37.1 Å². The molecule has 2 heterocycles. The zero-order valence-electron chi connectivity index (χ0n) is 14.8. The van der Waals surface area contributed by atoms with Gasteiger partial charge in [-0.1, -0.05) is 25.0 Å². The maximum Gasteiger partial charge on any atom is 0.340 e. The van der Waals surface area contributed by atoms with Gasteiger partial charge in [0.25, 0.3) is 5.91 Å². The average molecular weight is 356 g/mol. The molecule has 0 atom stereocenters. The summed E-state index contributed by atoms with van der Waals surface area (Å²) in [7, 11) is 0. The minimum Gasteiger partial charge on any atom is -0.467 e. The highest BCUT2D eigenvalue weighted by Crippen LogP contribution is 2.18. The molecule has 0 spiro atoms. The number of carbonyl (C=O) groups is 2. The first-order chi connectivity index (χ1) is 12.7. The lowest BCUT2D eigenvalue weighted by molar-refractivity contribution is -0.134. The van der Waals surface area contributed by atoms with Crippen molar-refractivity contribution in [3.8, 4) is 0 Å². The number of benzene rings is 1. The van der Waals surface area contributed by atoms with Crippen LogP contribution < -0.4 is 5.32 Å². The number of carbonyl (C=O) groups excluding carboxylic acids is 2. The molecule has 1 aromatic carbocycles. The van der Waals surface area contributed by atoms with Crippen LogP contribution in [0, 0.1) is 0 Å². The molecule has 26 heavy (non-hydrogen) atoms. The molecule has 3 rings (SSSR count). The van der Waals surface area contributed by atoms with Crippen LogP contribution in [0.5, 0.6) is 0 Å². The second-order valence-corrected chi connectivity index (χ2v) is 6.35. The first kappa shape index (κ1) is 18.0. The van der Waals surface area contributed by atoms with E-state index >= 15 is 0 Å². The van der Waals surface area contributed by atoms with Gasteiger partial charge in [0.15, 0.2) is 6.61 Å². The van der Waals surface area contributed by atoms with Crippen LogP contribution in [0.4, 0.5) is 5.69 Å². The first-order valence-corrected chi connectivity index (χ1v) is 9.04. The van der Waals surface area contributed by atoms with Gasteiger partial charge in [0.05, 0.1) is 18.4 Å². The van der Waals surface area contributed by atoms with E-state index in [1.165, 1.54) is 0 Å². The van der Waals surface area contributed by atoms with Gasteiger partial charge < -0.3 is 19.4 Å². The van der Waals surface area contributed by atoms with Crippen LogP contribution in [0.15, 0.2) is 47.1 Å². The Balaban J connectivity index is 1.56. The van der Waals surface area contributed by atoms with Gasteiger partial charge in [0.1, 0.15) is 5.76 Å². The van der Waals surface area contributed by atoms with Crippen LogP contribution in [0.3, 0.4) is 0 Å². The Morgan fingerprint density at radius 3 is 2.54 bits per heavy atom. The summed E-state index contributed by atoms with van der Waals surface area (Å²) in [6.07, 6.45) is 5.93. The first-order valence-electron chi connectivity index (χ1n) is 9.04. The number of hydrogen-bond acceptors (Lipinski definition) is 5. The number of anilines is 1. The number of furan rings is 1. The molecule has 2 aromatic rings. The number of rotatable bonds is 6. The summed E-state index contributed by atoms with van der Waals surface area (Å²) in [6, 6.07) is 10.8. The van der Waals surface area contributed by atoms with E-state index in [0.29, 0.717) is 17.8 Å². The highest BCUT2D eigenvalue weighted by atomic mass is 16.5. The summed E-state index contributed by atoms with van der Waals surface area (Å²) in [6.45, 7) is 1.74. The van der Waals surface area contributed by atoms with Crippen LogP contribution in [0.25, 0.3) is 0 Å². The van der Waals surface area contributed by atoms with E-state index in [4.69, 9.17) is 9.15 Å². The van der Waals surface area contributed by atoms with Crippen molar-refractivity contribution >= 4 is 17.6 Å². The molecule has 6 nitrogen and oxygen atoms in total. The SMILES string of the molecule is O=C(OCC(=O)N1CCCCCC1)c1ccccc1NCc1ccco1. The third-order valence-electron chi connectivity index (χ3n) is 4.47. The predicted octanol–water partition coefficient (Wildman–Crippen LogP) is 3.45. The molecule has 0 saturated carbocycles. The van der Waals surface area contributed by atoms with Gasteiger partial charge in [-0.15, -0.1) is 0 Å². The Morgan fingerprint density at radius 2 is 1.81 bits per heavy atom. The second-order valence-electron chi connectivity index (χ2n) is 6.35. The van der Waals surface area contributed by atoms with Crippen molar-refractivity contribution in [3.63, 3.8) is 0 Å². The molecular formula is C20H24N2O4. The van der Waals surface area contributed by atoms with Crippen molar-refractivity contribution in [2.45, 2.75) is 32.2 Å². The molecule has 0 bridgehead atoms. The fraction of sp³-hybridized carbons (Fsp3) is 0.400. The van der Waals surface area contributed by atoms with Gasteiger partial charge in [0.2, 0.25) is 0 Å². The molecule has 0 radical (unpaired) electrons. The Hall–Kier alpha value is -2.76. The number of nitrogens with zero attached hydrogens (tertiary/aromatic N) is 1. The third kappa shape index (κ3) is 4.88. The Morgan fingerprint density at radius 1 is 1.04 bits per heavy atom. The fourth-order valence-corrected chi connectivity index (χ4v) is 3.03. The van der Waals surface area contributed by atoms with Crippen molar-refractivity contribution in [3.05, 3.63) is 54.0 Å². The summed E-state index contributed by atoms with van der Waals surface area (Å²) in [5, 5.41) is 3.17. The molecule has 138 valence electrons. The van der Waals surface area contributed by atoms with Crippen molar-refractivity contribution in [2.75, 3.05) is 25.0 Å². The minimum atomic E-state index is -0.504. The van der Waals surface area contributed by atoms with E-state index in [1.807, 2.05) is 18.2 Å². The lowest BCUT2D eigenvalue weighted by atomic mass is 10.2. The summed E-state index contributed by atoms with van der Waals surface area (Å²) in [5.41, 5.74) is 1.05. The van der Waals surface area contributed by atoms with E-state index in [1.54, 1.807) is 29.4 Å². The number of hydrogen-bond donors (Lipinski definition) is 1. The van der Waals surface area contributed by atoms with E-state index in [9.17, 15) is 9.59 Å². The molecule has 1 saturated heterocycles. The molecule has 1 aliphatic rings. The largest absolute Gasteiger partial charge is 0.467 e. The van der Waals surface area contributed by atoms with Crippen molar-refractivity contribution < 1.29 is 18.7 Å². The minimum absolute atomic E-state index is 0.124. The van der Waals surface area contributed by atoms with Gasteiger partial charge in [-0.2, -0.15) is 0 Å². The normalized spacial score (nSPS) is 14.5. The fourth-order valence-electron chi connectivity index (χ4n) is 3.03. The van der Waals surface area contributed by atoms with Gasteiger partial charge in [0, 0.05) is 18.8 Å². The summed E-state index contributed by atoms with van der Waals surface area (Å²) >= 11 is 0. The maximum atomic E-state index is 12.4. The molecule has 1 aromatic heterocycles. The van der Waals surface area contributed by atoms with Gasteiger partial charge >= 0.3 is 5.97 Å². The van der Waals surface area contributed by atoms with E-state index < -0.39 is 5.97 Å². The summed E-state index contributed by atoms with van der Waals surface area (Å²) < 4.78 is 10.6. The number of likely N-dealkylation sites (tertiary alicyclic amines) is 1. The topological polar surface area (TPSA) is 71.8 Å². The number of amides is 1.